The Labute approximate surface area is 107 Å². The Bertz CT molecular complexity index is 343. The number of nitrogens with one attached hydrogen (secondary N) is 1. The fraction of sp³-hybridized carbons (Fsp3) is 0.545. The van der Waals surface area contributed by atoms with E-state index in [1.807, 2.05) is 12.3 Å². The first-order chi connectivity index (χ1) is 7.33. The van der Waals surface area contributed by atoms with Crippen molar-refractivity contribution in [3.05, 3.63) is 23.5 Å². The second-order valence-electron chi connectivity index (χ2n) is 4.35. The van der Waals surface area contributed by atoms with Crippen LogP contribution in [-0.4, -0.2) is 30.7 Å². The Hall–Kier alpha value is -0.510. The van der Waals surface area contributed by atoms with E-state index in [9.17, 15) is 0 Å². The predicted octanol–water partition coefficient (Wildman–Crippen LogP) is 1.95. The molecule has 2 aliphatic heterocycles. The summed E-state index contributed by atoms with van der Waals surface area (Å²) >= 11 is 5.77. The van der Waals surface area contributed by atoms with Crippen LogP contribution in [0.25, 0.3) is 0 Å². The van der Waals surface area contributed by atoms with E-state index in [1.54, 1.807) is 0 Å². The first-order valence-electron chi connectivity index (χ1n) is 5.43. The van der Waals surface area contributed by atoms with Crippen LogP contribution >= 0.6 is 24.0 Å². The van der Waals surface area contributed by atoms with Crippen molar-refractivity contribution in [3.63, 3.8) is 0 Å². The third kappa shape index (κ3) is 2.12. The topological polar surface area (TPSA) is 28.2 Å². The Morgan fingerprint density at radius 2 is 2.25 bits per heavy atom. The smallest absolute Gasteiger partial charge is 0.129 e. The van der Waals surface area contributed by atoms with Crippen LogP contribution in [0.5, 0.6) is 0 Å². The molecule has 0 saturated carbocycles. The number of nitrogens with zero attached hydrogens (tertiary/aromatic N) is 2. The van der Waals surface area contributed by atoms with Crippen molar-refractivity contribution < 1.29 is 0 Å². The molecule has 0 radical (unpaired) electrons. The third-order valence-corrected chi connectivity index (χ3v) is 3.66. The van der Waals surface area contributed by atoms with Crippen molar-refractivity contribution in [3.8, 4) is 0 Å². The van der Waals surface area contributed by atoms with Gasteiger partial charge in [0.05, 0.1) is 11.9 Å². The lowest BCUT2D eigenvalue weighted by Gasteiger charge is -2.18. The standard InChI is InChI=1S/C11H14ClN3.ClH/c12-11-2-1-9(5-14-11)15-6-8-3-4-13-10(8)7-15;/h1-2,5,8,10,13H,3-4,6-7H2;1H/t8-,10+;/m1./s1. The second kappa shape index (κ2) is 4.78. The van der Waals surface area contributed by atoms with Crippen LogP contribution in [0.3, 0.4) is 0 Å². The molecule has 1 aromatic heterocycles. The van der Waals surface area contributed by atoms with E-state index in [0.717, 1.165) is 19.0 Å². The van der Waals surface area contributed by atoms with E-state index in [2.05, 4.69) is 21.3 Å². The molecule has 0 amide bonds. The Kier molecular flexibility index (Phi) is 3.57. The molecule has 5 heteroatoms. The fourth-order valence-electron chi connectivity index (χ4n) is 2.62. The molecule has 88 valence electrons. The van der Waals surface area contributed by atoms with Crippen LogP contribution in [-0.2, 0) is 0 Å². The van der Waals surface area contributed by atoms with Gasteiger partial charge in [0.1, 0.15) is 5.15 Å². The number of pyridine rings is 1. The SMILES string of the molecule is Cl.Clc1ccc(N2C[C@H]3CCN[C@H]3C2)cn1. The fourth-order valence-corrected chi connectivity index (χ4v) is 2.73. The summed E-state index contributed by atoms with van der Waals surface area (Å²) in [4.78, 5) is 6.51. The van der Waals surface area contributed by atoms with Gasteiger partial charge in [-0.1, -0.05) is 11.6 Å². The molecule has 3 nitrogen and oxygen atoms in total. The zero-order valence-electron chi connectivity index (χ0n) is 8.90. The number of hydrogen-bond acceptors (Lipinski definition) is 3. The van der Waals surface area contributed by atoms with E-state index in [0.29, 0.717) is 11.2 Å². The zero-order chi connectivity index (χ0) is 10.3. The predicted molar refractivity (Wildman–Crippen MR) is 68.6 cm³/mol. The van der Waals surface area contributed by atoms with E-state index >= 15 is 0 Å². The van der Waals surface area contributed by atoms with Gasteiger partial charge in [-0.3, -0.25) is 0 Å². The summed E-state index contributed by atoms with van der Waals surface area (Å²) in [6.45, 7) is 3.44. The summed E-state index contributed by atoms with van der Waals surface area (Å²) in [6.07, 6.45) is 3.17. The van der Waals surface area contributed by atoms with Crippen molar-refractivity contribution in [1.29, 1.82) is 0 Å². The van der Waals surface area contributed by atoms with Crippen molar-refractivity contribution in [2.24, 2.45) is 5.92 Å². The highest BCUT2D eigenvalue weighted by Gasteiger charge is 2.35. The van der Waals surface area contributed by atoms with Gasteiger partial charge in [-0.2, -0.15) is 0 Å². The minimum absolute atomic E-state index is 0. The summed E-state index contributed by atoms with van der Waals surface area (Å²) in [7, 11) is 0. The molecule has 16 heavy (non-hydrogen) atoms. The molecule has 1 N–H and O–H groups in total. The summed E-state index contributed by atoms with van der Waals surface area (Å²) in [5, 5.41) is 4.11. The number of anilines is 1. The monoisotopic (exact) mass is 259 g/mol. The highest BCUT2D eigenvalue weighted by Crippen LogP contribution is 2.28. The van der Waals surface area contributed by atoms with Gasteiger partial charge in [0.25, 0.3) is 0 Å². The molecular formula is C11H15Cl2N3. The Morgan fingerprint density at radius 3 is 2.94 bits per heavy atom. The van der Waals surface area contributed by atoms with E-state index in [4.69, 9.17) is 11.6 Å². The summed E-state index contributed by atoms with van der Waals surface area (Å²) in [5.74, 6) is 0.820. The van der Waals surface area contributed by atoms with Gasteiger partial charge in [-0.05, 0) is 31.0 Å². The Morgan fingerprint density at radius 1 is 1.38 bits per heavy atom. The first kappa shape index (κ1) is 12.0. The molecule has 0 spiro atoms. The molecule has 0 bridgehead atoms. The number of halogens is 2. The molecule has 0 aromatic carbocycles. The average molecular weight is 260 g/mol. The van der Waals surface area contributed by atoms with Crippen molar-refractivity contribution in [2.45, 2.75) is 12.5 Å². The molecule has 0 aliphatic carbocycles. The minimum atomic E-state index is 0. The minimum Gasteiger partial charge on any atom is -0.368 e. The van der Waals surface area contributed by atoms with Gasteiger partial charge in [0.15, 0.2) is 0 Å². The lowest BCUT2D eigenvalue weighted by molar-refractivity contribution is 0.556. The lowest BCUT2D eigenvalue weighted by Crippen LogP contribution is -2.30. The molecular weight excluding hydrogens is 245 g/mol. The van der Waals surface area contributed by atoms with Gasteiger partial charge >= 0.3 is 0 Å². The molecule has 2 atom stereocenters. The maximum Gasteiger partial charge on any atom is 0.129 e. The van der Waals surface area contributed by atoms with Gasteiger partial charge in [0, 0.05) is 19.1 Å². The first-order valence-corrected chi connectivity index (χ1v) is 5.80. The molecule has 2 aliphatic rings. The van der Waals surface area contributed by atoms with E-state index in [1.165, 1.54) is 18.7 Å². The van der Waals surface area contributed by atoms with E-state index < -0.39 is 0 Å². The molecule has 1 aromatic rings. The number of hydrogen-bond donors (Lipinski definition) is 1. The normalized spacial score (nSPS) is 27.7. The maximum absolute atomic E-state index is 5.77. The van der Waals surface area contributed by atoms with E-state index in [-0.39, 0.29) is 12.4 Å². The Balaban J connectivity index is 0.000000963. The highest BCUT2D eigenvalue weighted by molar-refractivity contribution is 6.29. The van der Waals surface area contributed by atoms with Crippen molar-refractivity contribution in [2.75, 3.05) is 24.5 Å². The molecule has 2 saturated heterocycles. The second-order valence-corrected chi connectivity index (χ2v) is 4.74. The quantitative estimate of drug-likeness (QED) is 0.782. The van der Waals surface area contributed by atoms with Crippen LogP contribution < -0.4 is 10.2 Å². The highest BCUT2D eigenvalue weighted by atomic mass is 35.5. The lowest BCUT2D eigenvalue weighted by atomic mass is 10.1. The van der Waals surface area contributed by atoms with Crippen molar-refractivity contribution in [1.82, 2.24) is 10.3 Å². The largest absolute Gasteiger partial charge is 0.368 e. The van der Waals surface area contributed by atoms with Crippen LogP contribution in [0.2, 0.25) is 5.15 Å². The van der Waals surface area contributed by atoms with Gasteiger partial charge in [0.2, 0.25) is 0 Å². The molecule has 0 unspecified atom stereocenters. The summed E-state index contributed by atoms with van der Waals surface area (Å²) < 4.78 is 0. The molecule has 3 heterocycles. The van der Waals surface area contributed by atoms with Gasteiger partial charge in [-0.25, -0.2) is 4.98 Å². The zero-order valence-corrected chi connectivity index (χ0v) is 10.5. The number of aromatic nitrogens is 1. The number of fused-ring (bicyclic) bond motifs is 1. The van der Waals surface area contributed by atoms with Crippen LogP contribution in [0, 0.1) is 5.92 Å². The van der Waals surface area contributed by atoms with Gasteiger partial charge in [-0.15, -0.1) is 12.4 Å². The summed E-state index contributed by atoms with van der Waals surface area (Å²) in [5.41, 5.74) is 1.19. The summed E-state index contributed by atoms with van der Waals surface area (Å²) in [6, 6.07) is 4.59. The molecule has 2 fully saturated rings. The molecule has 3 rings (SSSR count). The maximum atomic E-state index is 5.77. The third-order valence-electron chi connectivity index (χ3n) is 3.44. The van der Waals surface area contributed by atoms with Gasteiger partial charge < -0.3 is 10.2 Å². The van der Waals surface area contributed by atoms with Crippen LogP contribution in [0.4, 0.5) is 5.69 Å². The van der Waals surface area contributed by atoms with Crippen LogP contribution in [0.1, 0.15) is 6.42 Å². The van der Waals surface area contributed by atoms with Crippen molar-refractivity contribution >= 4 is 29.7 Å². The van der Waals surface area contributed by atoms with Crippen LogP contribution in [0.15, 0.2) is 18.3 Å². The number of rotatable bonds is 1. The average Bonchev–Trinajstić information content (AvgIpc) is 2.78.